The van der Waals surface area contributed by atoms with Crippen molar-refractivity contribution in [1.29, 1.82) is 0 Å². The first-order valence-corrected chi connectivity index (χ1v) is 4.81. The fourth-order valence-corrected chi connectivity index (χ4v) is 1.37. The van der Waals surface area contributed by atoms with Crippen LogP contribution in [0.1, 0.15) is 20.3 Å². The summed E-state index contributed by atoms with van der Waals surface area (Å²) in [4.78, 5) is 0. The molecule has 14 heavy (non-hydrogen) atoms. The Hall–Kier alpha value is -1.38. The van der Waals surface area contributed by atoms with Crippen LogP contribution >= 0.6 is 0 Å². The van der Waals surface area contributed by atoms with Crippen molar-refractivity contribution < 1.29 is 9.84 Å². The van der Waals surface area contributed by atoms with Crippen LogP contribution in [0, 0.1) is 5.92 Å². The molecule has 0 amide bonds. The van der Waals surface area contributed by atoms with Gasteiger partial charge in [-0.15, -0.1) is 0 Å². The summed E-state index contributed by atoms with van der Waals surface area (Å²) in [5, 5.41) is 9.21. The number of ether oxygens (including phenoxy) is 1. The van der Waals surface area contributed by atoms with E-state index in [0.29, 0.717) is 12.3 Å². The molecule has 1 atom stereocenters. The molecule has 0 heterocycles. The Labute approximate surface area is 84.6 Å². The first-order valence-electron chi connectivity index (χ1n) is 4.81. The van der Waals surface area contributed by atoms with E-state index < -0.39 is 0 Å². The summed E-state index contributed by atoms with van der Waals surface area (Å²) in [6.45, 7) is 4.23. The average Bonchev–Trinajstić information content (AvgIpc) is 2.18. The SMILES string of the molecule is CCOC1=CCC(/C(N)=C(\C)O)C=C1. The highest BCUT2D eigenvalue weighted by molar-refractivity contribution is 5.24. The molecule has 0 spiro atoms. The van der Waals surface area contributed by atoms with Gasteiger partial charge in [0.1, 0.15) is 11.5 Å². The number of aliphatic hydroxyl groups is 1. The summed E-state index contributed by atoms with van der Waals surface area (Å²) in [6, 6.07) is 0. The average molecular weight is 195 g/mol. The van der Waals surface area contributed by atoms with Crippen LogP contribution in [0.25, 0.3) is 0 Å². The molecule has 1 unspecified atom stereocenters. The van der Waals surface area contributed by atoms with Crippen LogP contribution in [0.3, 0.4) is 0 Å². The highest BCUT2D eigenvalue weighted by Crippen LogP contribution is 2.22. The fraction of sp³-hybridized carbons (Fsp3) is 0.455. The van der Waals surface area contributed by atoms with Crippen LogP contribution in [-0.4, -0.2) is 11.7 Å². The number of aliphatic hydroxyl groups excluding tert-OH is 1. The molecule has 3 heteroatoms. The predicted octanol–water partition coefficient (Wildman–Crippen LogP) is 2.23. The summed E-state index contributed by atoms with van der Waals surface area (Å²) in [5.74, 6) is 1.18. The van der Waals surface area contributed by atoms with E-state index in [9.17, 15) is 5.11 Å². The maximum atomic E-state index is 9.21. The molecule has 0 aromatic heterocycles. The Kier molecular flexibility index (Phi) is 3.63. The van der Waals surface area contributed by atoms with E-state index in [4.69, 9.17) is 10.5 Å². The summed E-state index contributed by atoms with van der Waals surface area (Å²) >= 11 is 0. The predicted molar refractivity (Wildman–Crippen MR) is 56.5 cm³/mol. The van der Waals surface area contributed by atoms with E-state index in [1.165, 1.54) is 0 Å². The molecule has 0 fully saturated rings. The Morgan fingerprint density at radius 2 is 2.43 bits per heavy atom. The minimum absolute atomic E-state index is 0.101. The molecule has 0 saturated heterocycles. The second-order valence-corrected chi connectivity index (χ2v) is 3.28. The van der Waals surface area contributed by atoms with Gasteiger partial charge in [0, 0.05) is 5.92 Å². The lowest BCUT2D eigenvalue weighted by molar-refractivity contribution is 0.239. The first kappa shape index (κ1) is 10.7. The van der Waals surface area contributed by atoms with Crippen LogP contribution in [-0.2, 0) is 4.74 Å². The maximum Gasteiger partial charge on any atom is 0.115 e. The smallest absolute Gasteiger partial charge is 0.115 e. The zero-order valence-electron chi connectivity index (χ0n) is 8.66. The number of hydrogen-bond acceptors (Lipinski definition) is 3. The third-order valence-electron chi connectivity index (χ3n) is 2.19. The molecule has 1 rings (SSSR count). The highest BCUT2D eigenvalue weighted by atomic mass is 16.5. The van der Waals surface area contributed by atoms with Crippen LogP contribution in [0.4, 0.5) is 0 Å². The van der Waals surface area contributed by atoms with Gasteiger partial charge in [-0.05, 0) is 32.4 Å². The Bertz CT molecular complexity index is 286. The van der Waals surface area contributed by atoms with Crippen molar-refractivity contribution in [3.05, 3.63) is 35.4 Å². The minimum Gasteiger partial charge on any atom is -0.511 e. The lowest BCUT2D eigenvalue weighted by Crippen LogP contribution is -2.13. The normalized spacial score (nSPS) is 22.7. The van der Waals surface area contributed by atoms with E-state index in [-0.39, 0.29) is 11.7 Å². The number of nitrogens with two attached hydrogens (primary N) is 1. The molecule has 3 N–H and O–H groups in total. The molecule has 0 aromatic rings. The number of allylic oxidation sites excluding steroid dienone is 4. The summed E-state index contributed by atoms with van der Waals surface area (Å²) in [6.07, 6.45) is 6.63. The fourth-order valence-electron chi connectivity index (χ4n) is 1.37. The first-order chi connectivity index (χ1) is 6.65. The van der Waals surface area contributed by atoms with Gasteiger partial charge in [0.2, 0.25) is 0 Å². The molecule has 78 valence electrons. The maximum absolute atomic E-state index is 9.21. The third-order valence-corrected chi connectivity index (χ3v) is 2.19. The molecule has 0 radical (unpaired) electrons. The molecule has 0 aromatic carbocycles. The van der Waals surface area contributed by atoms with E-state index >= 15 is 0 Å². The zero-order valence-corrected chi connectivity index (χ0v) is 8.66. The van der Waals surface area contributed by atoms with Gasteiger partial charge in [0.15, 0.2) is 0 Å². The van der Waals surface area contributed by atoms with Crippen molar-refractivity contribution in [3.63, 3.8) is 0 Å². The monoisotopic (exact) mass is 195 g/mol. The standard InChI is InChI=1S/C11H17NO2/c1-3-14-10-6-4-9(5-7-10)11(12)8(2)13/h4,6-7,9,13H,3,5,12H2,1-2H3/b11-8-. The largest absolute Gasteiger partial charge is 0.511 e. The molecule has 0 aliphatic heterocycles. The Balaban J connectivity index is 2.61. The van der Waals surface area contributed by atoms with Crippen molar-refractivity contribution in [2.45, 2.75) is 20.3 Å². The van der Waals surface area contributed by atoms with Crippen LogP contribution in [0.2, 0.25) is 0 Å². The molecule has 0 bridgehead atoms. The van der Waals surface area contributed by atoms with Crippen molar-refractivity contribution in [2.75, 3.05) is 6.61 Å². The molecular formula is C11H17NO2. The van der Waals surface area contributed by atoms with Crippen molar-refractivity contribution in [2.24, 2.45) is 11.7 Å². The number of hydrogen-bond donors (Lipinski definition) is 2. The topological polar surface area (TPSA) is 55.5 Å². The van der Waals surface area contributed by atoms with Gasteiger partial charge >= 0.3 is 0 Å². The quantitative estimate of drug-likeness (QED) is 0.679. The molecule has 1 aliphatic carbocycles. The minimum atomic E-state index is 0.101. The lowest BCUT2D eigenvalue weighted by atomic mass is 9.96. The Morgan fingerprint density at radius 1 is 1.71 bits per heavy atom. The summed E-state index contributed by atoms with van der Waals surface area (Å²) < 4.78 is 5.33. The molecule has 1 aliphatic rings. The van der Waals surface area contributed by atoms with E-state index in [1.54, 1.807) is 6.92 Å². The number of rotatable bonds is 3. The second kappa shape index (κ2) is 4.74. The second-order valence-electron chi connectivity index (χ2n) is 3.28. The summed E-state index contributed by atoms with van der Waals surface area (Å²) in [5.41, 5.74) is 6.25. The molecule has 0 saturated carbocycles. The van der Waals surface area contributed by atoms with E-state index in [0.717, 1.165) is 12.2 Å². The summed E-state index contributed by atoms with van der Waals surface area (Å²) in [7, 11) is 0. The highest BCUT2D eigenvalue weighted by Gasteiger charge is 2.13. The van der Waals surface area contributed by atoms with Gasteiger partial charge in [0.05, 0.1) is 12.3 Å². The van der Waals surface area contributed by atoms with Gasteiger partial charge in [0.25, 0.3) is 0 Å². The van der Waals surface area contributed by atoms with Gasteiger partial charge in [-0.3, -0.25) is 0 Å². The van der Waals surface area contributed by atoms with Crippen molar-refractivity contribution in [1.82, 2.24) is 0 Å². The molecular weight excluding hydrogens is 178 g/mol. The van der Waals surface area contributed by atoms with Crippen LogP contribution in [0.5, 0.6) is 0 Å². The van der Waals surface area contributed by atoms with Crippen LogP contribution < -0.4 is 5.73 Å². The van der Waals surface area contributed by atoms with Crippen molar-refractivity contribution in [3.8, 4) is 0 Å². The third kappa shape index (κ3) is 2.55. The van der Waals surface area contributed by atoms with Crippen molar-refractivity contribution >= 4 is 0 Å². The van der Waals surface area contributed by atoms with Gasteiger partial charge < -0.3 is 15.6 Å². The lowest BCUT2D eigenvalue weighted by Gasteiger charge is -2.17. The van der Waals surface area contributed by atoms with Crippen LogP contribution in [0.15, 0.2) is 35.4 Å². The Morgan fingerprint density at radius 3 is 2.86 bits per heavy atom. The van der Waals surface area contributed by atoms with E-state index in [2.05, 4.69) is 0 Å². The van der Waals surface area contributed by atoms with Gasteiger partial charge in [-0.1, -0.05) is 6.08 Å². The zero-order chi connectivity index (χ0) is 10.6. The van der Waals surface area contributed by atoms with Gasteiger partial charge in [-0.25, -0.2) is 0 Å². The molecule has 3 nitrogen and oxygen atoms in total. The van der Waals surface area contributed by atoms with Gasteiger partial charge in [-0.2, -0.15) is 0 Å². The van der Waals surface area contributed by atoms with E-state index in [1.807, 2.05) is 25.2 Å².